The molecular formula is C21H19FO6. The van der Waals surface area contributed by atoms with Crippen LogP contribution in [0.5, 0.6) is 17.2 Å². The van der Waals surface area contributed by atoms with E-state index in [-0.39, 0.29) is 11.5 Å². The van der Waals surface area contributed by atoms with Crippen LogP contribution in [0.1, 0.15) is 22.3 Å². The maximum atomic E-state index is 13.6. The molecule has 1 heterocycles. The van der Waals surface area contributed by atoms with Gasteiger partial charge in [0.05, 0.1) is 20.3 Å². The van der Waals surface area contributed by atoms with Crippen LogP contribution in [0.25, 0.3) is 6.08 Å². The quantitative estimate of drug-likeness (QED) is 0.430. The Morgan fingerprint density at radius 1 is 1.11 bits per heavy atom. The van der Waals surface area contributed by atoms with E-state index in [1.54, 1.807) is 24.3 Å². The summed E-state index contributed by atoms with van der Waals surface area (Å²) in [5, 5.41) is 0. The molecule has 0 saturated heterocycles. The summed E-state index contributed by atoms with van der Waals surface area (Å²) in [7, 11) is 1.37. The van der Waals surface area contributed by atoms with Gasteiger partial charge >= 0.3 is 5.97 Å². The van der Waals surface area contributed by atoms with Crippen molar-refractivity contribution in [2.45, 2.75) is 6.42 Å². The van der Waals surface area contributed by atoms with E-state index in [0.717, 1.165) is 12.5 Å². The molecule has 6 nitrogen and oxygen atoms in total. The van der Waals surface area contributed by atoms with Gasteiger partial charge in [0.1, 0.15) is 0 Å². The number of methoxy groups -OCH3 is 1. The minimum atomic E-state index is -0.709. The molecule has 0 N–H and O–H groups in total. The van der Waals surface area contributed by atoms with Gasteiger partial charge in [-0.3, -0.25) is 4.79 Å². The number of rotatable bonds is 6. The zero-order valence-corrected chi connectivity index (χ0v) is 15.3. The van der Waals surface area contributed by atoms with Gasteiger partial charge in [-0.15, -0.1) is 0 Å². The lowest BCUT2D eigenvalue weighted by molar-refractivity contribution is -0.136. The Kier molecular flexibility index (Phi) is 6.26. The molecule has 0 spiro atoms. The van der Waals surface area contributed by atoms with E-state index in [0.29, 0.717) is 35.8 Å². The summed E-state index contributed by atoms with van der Waals surface area (Å²) in [6.07, 6.45) is 3.28. The first-order chi connectivity index (χ1) is 13.6. The van der Waals surface area contributed by atoms with Gasteiger partial charge < -0.3 is 18.9 Å². The lowest BCUT2D eigenvalue weighted by Gasteiger charge is -2.08. The zero-order chi connectivity index (χ0) is 19.9. The van der Waals surface area contributed by atoms with Crippen LogP contribution in [0.3, 0.4) is 0 Å². The fourth-order valence-corrected chi connectivity index (χ4v) is 2.56. The van der Waals surface area contributed by atoms with Crippen LogP contribution in [0.2, 0.25) is 0 Å². The minimum absolute atomic E-state index is 0.112. The van der Waals surface area contributed by atoms with Crippen molar-refractivity contribution in [3.8, 4) is 17.2 Å². The van der Waals surface area contributed by atoms with Crippen LogP contribution in [0.4, 0.5) is 4.39 Å². The summed E-state index contributed by atoms with van der Waals surface area (Å²) in [4.78, 5) is 24.1. The first-order valence-electron chi connectivity index (χ1n) is 8.68. The number of benzene rings is 2. The van der Waals surface area contributed by atoms with E-state index in [9.17, 15) is 14.0 Å². The number of fused-ring (bicyclic) bond motifs is 1. The highest BCUT2D eigenvalue weighted by atomic mass is 19.1. The molecule has 2 aromatic carbocycles. The molecule has 0 atom stereocenters. The number of ether oxygens (including phenoxy) is 4. The molecule has 0 aromatic heterocycles. The van der Waals surface area contributed by atoms with Gasteiger partial charge in [-0.25, -0.2) is 9.18 Å². The molecule has 146 valence electrons. The van der Waals surface area contributed by atoms with Crippen LogP contribution in [0, 0.1) is 5.82 Å². The molecule has 0 unspecified atom stereocenters. The first kappa shape index (κ1) is 19.4. The Hall–Kier alpha value is -3.35. The zero-order valence-electron chi connectivity index (χ0n) is 15.3. The SMILES string of the molecule is COc1ccc(/C=C/C(=O)OCC(=O)c2ccc3c(c2)OCCCO3)cc1F. The summed E-state index contributed by atoms with van der Waals surface area (Å²) < 4.78 is 34.5. The number of ketones is 1. The minimum Gasteiger partial charge on any atom is -0.494 e. The number of carbonyl (C=O) groups is 2. The summed E-state index contributed by atoms with van der Waals surface area (Å²) in [6.45, 7) is 0.651. The fraction of sp³-hybridized carbons (Fsp3) is 0.238. The van der Waals surface area contributed by atoms with Crippen LogP contribution in [0.15, 0.2) is 42.5 Å². The topological polar surface area (TPSA) is 71.1 Å². The first-order valence-corrected chi connectivity index (χ1v) is 8.68. The molecule has 0 radical (unpaired) electrons. The second-order valence-corrected chi connectivity index (χ2v) is 5.97. The molecule has 0 amide bonds. The summed E-state index contributed by atoms with van der Waals surface area (Å²) >= 11 is 0. The van der Waals surface area contributed by atoms with Gasteiger partial charge in [-0.2, -0.15) is 0 Å². The molecule has 1 aliphatic heterocycles. The lowest BCUT2D eigenvalue weighted by atomic mass is 10.1. The van der Waals surface area contributed by atoms with Crippen molar-refractivity contribution >= 4 is 17.8 Å². The van der Waals surface area contributed by atoms with Gasteiger partial charge in [-0.05, 0) is 42.0 Å². The monoisotopic (exact) mass is 386 g/mol. The van der Waals surface area contributed by atoms with Crippen molar-refractivity contribution in [3.05, 3.63) is 59.4 Å². The van der Waals surface area contributed by atoms with Gasteiger partial charge in [0.2, 0.25) is 0 Å². The third kappa shape index (κ3) is 4.88. The molecule has 0 fully saturated rings. The van der Waals surface area contributed by atoms with E-state index >= 15 is 0 Å². The third-order valence-electron chi connectivity index (χ3n) is 4.00. The normalized spacial score (nSPS) is 13.1. The Morgan fingerprint density at radius 3 is 2.64 bits per heavy atom. The fourth-order valence-electron chi connectivity index (χ4n) is 2.56. The van der Waals surface area contributed by atoms with E-state index in [1.165, 1.54) is 25.3 Å². The molecule has 2 aromatic rings. The van der Waals surface area contributed by atoms with Crippen molar-refractivity contribution in [1.82, 2.24) is 0 Å². The highest BCUT2D eigenvalue weighted by Crippen LogP contribution is 2.30. The van der Waals surface area contributed by atoms with Crippen molar-refractivity contribution in [3.63, 3.8) is 0 Å². The summed E-state index contributed by atoms with van der Waals surface area (Å²) in [5.41, 5.74) is 0.822. The van der Waals surface area contributed by atoms with Crippen LogP contribution in [-0.4, -0.2) is 38.7 Å². The Morgan fingerprint density at radius 2 is 1.89 bits per heavy atom. The van der Waals surface area contributed by atoms with Crippen molar-refractivity contribution in [2.75, 3.05) is 26.9 Å². The maximum Gasteiger partial charge on any atom is 0.331 e. The Balaban J connectivity index is 1.56. The molecule has 28 heavy (non-hydrogen) atoms. The van der Waals surface area contributed by atoms with Crippen LogP contribution >= 0.6 is 0 Å². The lowest BCUT2D eigenvalue weighted by Crippen LogP contribution is -2.12. The van der Waals surface area contributed by atoms with Crippen molar-refractivity contribution < 1.29 is 32.9 Å². The number of carbonyl (C=O) groups excluding carboxylic acids is 2. The average Bonchev–Trinajstić information content (AvgIpc) is 2.95. The second kappa shape index (κ2) is 9.03. The molecular weight excluding hydrogens is 367 g/mol. The van der Waals surface area contributed by atoms with E-state index in [2.05, 4.69) is 0 Å². The van der Waals surface area contributed by atoms with Crippen LogP contribution < -0.4 is 14.2 Å². The van der Waals surface area contributed by atoms with Gasteiger partial charge in [0.15, 0.2) is 35.5 Å². The molecule has 7 heteroatoms. The molecule has 1 aliphatic rings. The number of Topliss-reactive ketones (excluding diaryl/α,β-unsaturated/α-hetero) is 1. The van der Waals surface area contributed by atoms with Gasteiger partial charge in [0.25, 0.3) is 0 Å². The highest BCUT2D eigenvalue weighted by Gasteiger charge is 2.15. The average molecular weight is 386 g/mol. The molecule has 0 saturated carbocycles. The van der Waals surface area contributed by atoms with E-state index in [4.69, 9.17) is 18.9 Å². The van der Waals surface area contributed by atoms with Crippen molar-refractivity contribution in [1.29, 1.82) is 0 Å². The van der Waals surface area contributed by atoms with Gasteiger partial charge in [-0.1, -0.05) is 6.07 Å². The second-order valence-electron chi connectivity index (χ2n) is 5.97. The van der Waals surface area contributed by atoms with E-state index < -0.39 is 18.4 Å². The predicted molar refractivity (Wildman–Crippen MR) is 99.3 cm³/mol. The number of esters is 1. The number of hydrogen-bond acceptors (Lipinski definition) is 6. The number of hydrogen-bond donors (Lipinski definition) is 0. The maximum absolute atomic E-state index is 13.6. The van der Waals surface area contributed by atoms with E-state index in [1.807, 2.05) is 0 Å². The Bertz CT molecular complexity index is 906. The van der Waals surface area contributed by atoms with Crippen LogP contribution in [-0.2, 0) is 9.53 Å². The highest BCUT2D eigenvalue weighted by molar-refractivity contribution is 5.99. The molecule has 3 rings (SSSR count). The third-order valence-corrected chi connectivity index (χ3v) is 4.00. The Labute approximate surface area is 161 Å². The smallest absolute Gasteiger partial charge is 0.331 e. The van der Waals surface area contributed by atoms with Gasteiger partial charge in [0, 0.05) is 18.1 Å². The summed E-state index contributed by atoms with van der Waals surface area (Å²) in [5.74, 6) is -0.424. The van der Waals surface area contributed by atoms with Crippen molar-refractivity contribution in [2.24, 2.45) is 0 Å². The standard InChI is InChI=1S/C21H19FO6/c1-25-18-6-3-14(11-16(18)22)4-8-21(24)28-13-17(23)15-5-7-19-20(12-15)27-10-2-9-26-19/h3-8,11-12H,2,9-10,13H2,1H3/b8-4+. The number of halogens is 1. The largest absolute Gasteiger partial charge is 0.494 e. The summed E-state index contributed by atoms with van der Waals surface area (Å²) in [6, 6.07) is 9.11. The molecule has 0 aliphatic carbocycles. The predicted octanol–water partition coefficient (Wildman–Crippen LogP) is 3.43. The molecule has 0 bridgehead atoms.